The summed E-state index contributed by atoms with van der Waals surface area (Å²) in [7, 11) is 0. The van der Waals surface area contributed by atoms with Crippen LogP contribution in [0.5, 0.6) is 5.75 Å². The van der Waals surface area contributed by atoms with Crippen molar-refractivity contribution in [3.05, 3.63) is 35.9 Å². The average Bonchev–Trinajstić information content (AvgIpc) is 2.66. The minimum absolute atomic E-state index is 0.0310. The summed E-state index contributed by atoms with van der Waals surface area (Å²) in [6.45, 7) is 3.82. The zero-order chi connectivity index (χ0) is 14.4. The largest absolute Gasteiger partial charge is 0.506 e. The molecule has 1 aliphatic heterocycles. The number of allylic oxidation sites excluding steroid dienone is 2. The third-order valence-corrected chi connectivity index (χ3v) is 4.24. The molecule has 0 unspecified atom stereocenters. The number of imide groups is 1. The maximum absolute atomic E-state index is 12.6. The normalized spacial score (nSPS) is 28.9. The lowest BCUT2D eigenvalue weighted by molar-refractivity contribution is -0.122. The molecule has 3 rings (SSSR count). The van der Waals surface area contributed by atoms with Crippen LogP contribution in [0.25, 0.3) is 0 Å². The van der Waals surface area contributed by atoms with E-state index in [0.717, 1.165) is 5.56 Å². The summed E-state index contributed by atoms with van der Waals surface area (Å²) in [5, 5.41) is 9.97. The molecule has 1 saturated heterocycles. The Hall–Kier alpha value is -2.10. The molecule has 1 fully saturated rings. The van der Waals surface area contributed by atoms with Gasteiger partial charge in [-0.2, -0.15) is 0 Å². The zero-order valence-corrected chi connectivity index (χ0v) is 11.5. The molecular weight excluding hydrogens is 254 g/mol. The zero-order valence-electron chi connectivity index (χ0n) is 11.5. The van der Waals surface area contributed by atoms with Crippen molar-refractivity contribution in [2.24, 2.45) is 17.8 Å². The highest BCUT2D eigenvalue weighted by Crippen LogP contribution is 2.42. The van der Waals surface area contributed by atoms with Crippen molar-refractivity contribution < 1.29 is 14.7 Å². The summed E-state index contributed by atoms with van der Waals surface area (Å²) in [6, 6.07) is 4.95. The summed E-state index contributed by atoms with van der Waals surface area (Å²) in [4.78, 5) is 26.3. The molecule has 0 bridgehead atoms. The summed E-state index contributed by atoms with van der Waals surface area (Å²) >= 11 is 0. The number of anilines is 1. The first-order chi connectivity index (χ1) is 9.50. The van der Waals surface area contributed by atoms with Crippen LogP contribution in [0.3, 0.4) is 0 Å². The topological polar surface area (TPSA) is 57.6 Å². The molecule has 2 amide bonds. The maximum Gasteiger partial charge on any atom is 0.238 e. The van der Waals surface area contributed by atoms with Crippen LogP contribution in [0, 0.1) is 24.7 Å². The summed E-state index contributed by atoms with van der Waals surface area (Å²) in [5.41, 5.74) is 1.21. The summed E-state index contributed by atoms with van der Waals surface area (Å²) in [5.74, 6) is -0.955. The van der Waals surface area contributed by atoms with Gasteiger partial charge in [0, 0.05) is 0 Å². The predicted molar refractivity (Wildman–Crippen MR) is 75.2 cm³/mol. The molecule has 1 N–H and O–H groups in total. The number of phenols is 1. The molecule has 20 heavy (non-hydrogen) atoms. The third kappa shape index (κ3) is 1.75. The van der Waals surface area contributed by atoms with Gasteiger partial charge in [-0.3, -0.25) is 9.59 Å². The number of aryl methyl sites for hydroxylation is 1. The Morgan fingerprint density at radius 2 is 2.00 bits per heavy atom. The molecule has 1 aromatic rings. The van der Waals surface area contributed by atoms with Crippen LogP contribution in [-0.4, -0.2) is 16.9 Å². The Morgan fingerprint density at radius 1 is 1.25 bits per heavy atom. The van der Waals surface area contributed by atoms with E-state index in [1.165, 1.54) is 11.0 Å². The van der Waals surface area contributed by atoms with Crippen molar-refractivity contribution in [3.8, 4) is 5.75 Å². The van der Waals surface area contributed by atoms with Crippen LogP contribution in [0.2, 0.25) is 0 Å². The Balaban J connectivity index is 2.06. The predicted octanol–water partition coefficient (Wildman–Crippen LogP) is 2.40. The molecule has 0 saturated carbocycles. The lowest BCUT2D eigenvalue weighted by atomic mass is 9.78. The Morgan fingerprint density at radius 3 is 2.70 bits per heavy atom. The second-order valence-electron chi connectivity index (χ2n) is 5.66. The Labute approximate surface area is 117 Å². The molecule has 2 aliphatic rings. The van der Waals surface area contributed by atoms with Gasteiger partial charge in [-0.25, -0.2) is 4.90 Å². The van der Waals surface area contributed by atoms with E-state index in [2.05, 4.69) is 0 Å². The van der Waals surface area contributed by atoms with Crippen LogP contribution in [0.4, 0.5) is 5.69 Å². The van der Waals surface area contributed by atoms with E-state index in [4.69, 9.17) is 0 Å². The highest BCUT2D eigenvalue weighted by molar-refractivity contribution is 6.23. The molecule has 3 atom stereocenters. The fourth-order valence-electron chi connectivity index (χ4n) is 3.20. The molecule has 4 nitrogen and oxygen atoms in total. The van der Waals surface area contributed by atoms with Gasteiger partial charge in [-0.05, 0) is 37.0 Å². The Kier molecular flexibility index (Phi) is 2.89. The van der Waals surface area contributed by atoms with Gasteiger partial charge in [-0.15, -0.1) is 0 Å². The second-order valence-corrected chi connectivity index (χ2v) is 5.66. The minimum atomic E-state index is -0.299. The molecule has 1 heterocycles. The van der Waals surface area contributed by atoms with Gasteiger partial charge in [0.15, 0.2) is 0 Å². The minimum Gasteiger partial charge on any atom is -0.506 e. The standard InChI is InChI=1S/C16H17NO3/c1-9-6-7-13(18)12(8-9)17-15(19)11-5-3-4-10(2)14(11)16(17)20/h3-4,6-8,10-11,14,18H,5H2,1-2H3/t10-,11-,14+/m1/s1. The van der Waals surface area contributed by atoms with Crippen LogP contribution in [-0.2, 0) is 9.59 Å². The number of benzene rings is 1. The van der Waals surface area contributed by atoms with E-state index in [1.807, 2.05) is 26.0 Å². The van der Waals surface area contributed by atoms with Gasteiger partial charge in [0.2, 0.25) is 11.8 Å². The SMILES string of the molecule is Cc1ccc(O)c(N2C(=O)[C@H]3[C@H](C)C=CC[C@H]3C2=O)c1. The number of amides is 2. The van der Waals surface area contributed by atoms with E-state index >= 15 is 0 Å². The fraction of sp³-hybridized carbons (Fsp3) is 0.375. The number of carbonyl (C=O) groups is 2. The van der Waals surface area contributed by atoms with E-state index in [1.54, 1.807) is 12.1 Å². The van der Waals surface area contributed by atoms with Crippen molar-refractivity contribution in [1.82, 2.24) is 0 Å². The second kappa shape index (κ2) is 4.47. The van der Waals surface area contributed by atoms with Gasteiger partial charge in [0.25, 0.3) is 0 Å². The number of phenolic OH excluding ortho intramolecular Hbond substituents is 1. The van der Waals surface area contributed by atoms with Gasteiger partial charge in [0.05, 0.1) is 17.5 Å². The summed E-state index contributed by atoms with van der Waals surface area (Å²) in [6.07, 6.45) is 4.56. The molecule has 1 aromatic carbocycles. The van der Waals surface area contributed by atoms with Crippen molar-refractivity contribution in [1.29, 1.82) is 0 Å². The first-order valence-electron chi connectivity index (χ1n) is 6.85. The first kappa shape index (κ1) is 12.9. The van der Waals surface area contributed by atoms with Crippen LogP contribution >= 0.6 is 0 Å². The number of hydrogen-bond donors (Lipinski definition) is 1. The van der Waals surface area contributed by atoms with Gasteiger partial charge in [-0.1, -0.05) is 25.1 Å². The van der Waals surface area contributed by atoms with E-state index in [0.29, 0.717) is 12.1 Å². The molecule has 0 spiro atoms. The van der Waals surface area contributed by atoms with Crippen LogP contribution in [0.1, 0.15) is 18.9 Å². The van der Waals surface area contributed by atoms with E-state index in [9.17, 15) is 14.7 Å². The maximum atomic E-state index is 12.6. The number of fused-ring (bicyclic) bond motifs is 1. The number of nitrogens with zero attached hydrogens (tertiary/aromatic N) is 1. The average molecular weight is 271 g/mol. The van der Waals surface area contributed by atoms with Gasteiger partial charge >= 0.3 is 0 Å². The quantitative estimate of drug-likeness (QED) is 0.630. The third-order valence-electron chi connectivity index (χ3n) is 4.24. The Bertz CT molecular complexity index is 620. The van der Waals surface area contributed by atoms with Gasteiger partial charge in [0.1, 0.15) is 5.75 Å². The van der Waals surface area contributed by atoms with Crippen LogP contribution < -0.4 is 4.90 Å². The van der Waals surface area contributed by atoms with Crippen LogP contribution in [0.15, 0.2) is 30.4 Å². The van der Waals surface area contributed by atoms with Crippen molar-refractivity contribution in [2.75, 3.05) is 4.90 Å². The molecular formula is C16H17NO3. The first-order valence-corrected chi connectivity index (χ1v) is 6.85. The lowest BCUT2D eigenvalue weighted by Gasteiger charge is -2.22. The fourth-order valence-corrected chi connectivity index (χ4v) is 3.20. The smallest absolute Gasteiger partial charge is 0.238 e. The highest BCUT2D eigenvalue weighted by atomic mass is 16.3. The summed E-state index contributed by atoms with van der Waals surface area (Å²) < 4.78 is 0. The number of hydrogen-bond acceptors (Lipinski definition) is 3. The highest BCUT2D eigenvalue weighted by Gasteiger charge is 2.50. The van der Waals surface area contributed by atoms with Crippen molar-refractivity contribution >= 4 is 17.5 Å². The monoisotopic (exact) mass is 271 g/mol. The van der Waals surface area contributed by atoms with E-state index in [-0.39, 0.29) is 35.3 Å². The van der Waals surface area contributed by atoms with E-state index < -0.39 is 0 Å². The lowest BCUT2D eigenvalue weighted by Crippen LogP contribution is -2.31. The number of rotatable bonds is 1. The molecule has 1 aliphatic carbocycles. The molecule has 0 radical (unpaired) electrons. The molecule has 104 valence electrons. The van der Waals surface area contributed by atoms with Crippen molar-refractivity contribution in [2.45, 2.75) is 20.3 Å². The molecule has 0 aromatic heterocycles. The number of carbonyl (C=O) groups excluding carboxylic acids is 2. The molecule has 4 heteroatoms. The number of aromatic hydroxyl groups is 1. The van der Waals surface area contributed by atoms with Gasteiger partial charge < -0.3 is 5.11 Å². The van der Waals surface area contributed by atoms with Crippen molar-refractivity contribution in [3.63, 3.8) is 0 Å².